The number of allylic oxidation sites excluding steroid dienone is 2. The Balaban J connectivity index is 1.14. The molecule has 1 saturated carbocycles. The van der Waals surface area contributed by atoms with Crippen LogP contribution in [0.15, 0.2) is 60.7 Å². The van der Waals surface area contributed by atoms with Crippen molar-refractivity contribution in [3.8, 4) is 5.75 Å². The highest BCUT2D eigenvalue weighted by Gasteiger charge is 2.46. The zero-order valence-corrected chi connectivity index (χ0v) is 41.4. The number of likely N-dealkylation sites (N-methyl/N-ethyl adjacent to an activating group) is 1. The van der Waals surface area contributed by atoms with E-state index < -0.39 is 8.32 Å². The van der Waals surface area contributed by atoms with Crippen LogP contribution in [0, 0.1) is 37.5 Å². The lowest BCUT2D eigenvalue weighted by molar-refractivity contribution is -0.134. The summed E-state index contributed by atoms with van der Waals surface area (Å²) < 4.78 is 13.0. The fourth-order valence-corrected chi connectivity index (χ4v) is 10.6. The van der Waals surface area contributed by atoms with Gasteiger partial charge in [0, 0.05) is 48.3 Å². The molecular formula is C53H78N4O5Si. The number of ether oxygens (including phenoxy) is 1. The van der Waals surface area contributed by atoms with Crippen molar-refractivity contribution >= 4 is 43.4 Å². The Morgan fingerprint density at radius 1 is 1.02 bits per heavy atom. The highest BCUT2D eigenvalue weighted by molar-refractivity contribution is 6.74. The number of H-pyrrole nitrogens is 1. The first kappa shape index (κ1) is 49.8. The van der Waals surface area contributed by atoms with Gasteiger partial charge in [-0.1, -0.05) is 97.4 Å². The first-order valence-corrected chi connectivity index (χ1v) is 26.8. The van der Waals surface area contributed by atoms with E-state index in [-0.39, 0.29) is 22.8 Å². The van der Waals surface area contributed by atoms with Gasteiger partial charge in [-0.05, 0) is 149 Å². The van der Waals surface area contributed by atoms with Gasteiger partial charge in [0.1, 0.15) is 5.75 Å². The zero-order valence-electron chi connectivity index (χ0n) is 40.4. The maximum atomic E-state index is 13.2. The third-order valence-corrected chi connectivity index (χ3v) is 18.8. The van der Waals surface area contributed by atoms with Crippen molar-refractivity contribution in [2.75, 3.05) is 31.5 Å². The van der Waals surface area contributed by atoms with Gasteiger partial charge in [-0.2, -0.15) is 0 Å². The quantitative estimate of drug-likeness (QED) is 0.0231. The van der Waals surface area contributed by atoms with E-state index in [1.807, 2.05) is 13.8 Å². The number of aromatic nitrogens is 1. The lowest BCUT2D eigenvalue weighted by Crippen LogP contribution is -2.45. The number of hydrogen-bond acceptors (Lipinski definition) is 6. The lowest BCUT2D eigenvalue weighted by atomic mass is 9.82. The minimum absolute atomic E-state index is 0.136. The van der Waals surface area contributed by atoms with E-state index >= 15 is 0 Å². The molecular weight excluding hydrogens is 801 g/mol. The summed E-state index contributed by atoms with van der Waals surface area (Å²) in [7, 11) is -1.91. The van der Waals surface area contributed by atoms with Crippen LogP contribution >= 0.6 is 0 Å². The molecule has 344 valence electrons. The molecule has 2 aliphatic rings. The SMILES string of the molecule is CCN(CC)CCNC(=O)c1c(C)[nH]c(/C=C2\C(=O)Nc3ccc(OC(=O)CCC/C=C\C[C@@H]4[C@@H](CC[C@H](C)CCc5ccccc5)[C@H](O[Si](C)(C)C(C)(C)C)C[C@@H]4C)cc32)c1C. The molecule has 5 atom stereocenters. The van der Waals surface area contributed by atoms with Gasteiger partial charge in [-0.3, -0.25) is 14.4 Å². The molecule has 1 aliphatic heterocycles. The van der Waals surface area contributed by atoms with E-state index in [1.54, 1.807) is 24.3 Å². The predicted octanol–water partition coefficient (Wildman–Crippen LogP) is 11.9. The summed E-state index contributed by atoms with van der Waals surface area (Å²) in [5.74, 6) is 2.12. The molecule has 3 aromatic rings. The Morgan fingerprint density at radius 2 is 1.75 bits per heavy atom. The molecule has 2 aromatic carbocycles. The third kappa shape index (κ3) is 13.4. The third-order valence-electron chi connectivity index (χ3n) is 14.3. The van der Waals surface area contributed by atoms with Crippen LogP contribution in [0.5, 0.6) is 5.75 Å². The first-order chi connectivity index (χ1) is 29.9. The number of esters is 1. The molecule has 0 spiro atoms. The Morgan fingerprint density at radius 3 is 2.44 bits per heavy atom. The predicted molar refractivity (Wildman–Crippen MR) is 263 cm³/mol. The molecule has 63 heavy (non-hydrogen) atoms. The summed E-state index contributed by atoms with van der Waals surface area (Å²) in [5, 5.41) is 6.15. The summed E-state index contributed by atoms with van der Waals surface area (Å²) in [4.78, 5) is 44.9. The fraction of sp³-hybridized carbons (Fsp3) is 0.566. The highest BCUT2D eigenvalue weighted by atomic mass is 28.4. The number of aromatic amines is 1. The largest absolute Gasteiger partial charge is 0.427 e. The maximum Gasteiger partial charge on any atom is 0.311 e. The monoisotopic (exact) mass is 879 g/mol. The number of unbranched alkanes of at least 4 members (excludes halogenated alkanes) is 1. The summed E-state index contributed by atoms with van der Waals surface area (Å²) in [5.41, 5.74) is 5.97. The minimum Gasteiger partial charge on any atom is -0.427 e. The Kier molecular flexibility index (Phi) is 17.8. The van der Waals surface area contributed by atoms with Gasteiger partial charge in [0.25, 0.3) is 11.8 Å². The van der Waals surface area contributed by atoms with Gasteiger partial charge in [0.05, 0.1) is 11.1 Å². The number of benzene rings is 2. The molecule has 3 N–H and O–H groups in total. The van der Waals surface area contributed by atoms with E-state index in [0.29, 0.717) is 83.0 Å². The molecule has 2 amide bonds. The topological polar surface area (TPSA) is 113 Å². The summed E-state index contributed by atoms with van der Waals surface area (Å²) >= 11 is 0. The average molecular weight is 879 g/mol. The first-order valence-electron chi connectivity index (χ1n) is 23.9. The number of nitrogens with zero attached hydrogens (tertiary/aromatic N) is 1. The van der Waals surface area contributed by atoms with Gasteiger partial charge >= 0.3 is 5.97 Å². The van der Waals surface area contributed by atoms with E-state index in [2.05, 4.69) is 125 Å². The number of anilines is 1. The molecule has 5 rings (SSSR count). The van der Waals surface area contributed by atoms with Crippen molar-refractivity contribution in [1.29, 1.82) is 0 Å². The minimum atomic E-state index is -1.91. The van der Waals surface area contributed by atoms with Crippen LogP contribution in [0.3, 0.4) is 0 Å². The lowest BCUT2D eigenvalue weighted by Gasteiger charge is -2.40. The van der Waals surface area contributed by atoms with Crippen LogP contribution in [0.4, 0.5) is 5.69 Å². The molecule has 1 fully saturated rings. The van der Waals surface area contributed by atoms with Crippen LogP contribution < -0.4 is 15.4 Å². The second kappa shape index (κ2) is 22.6. The van der Waals surface area contributed by atoms with Crippen molar-refractivity contribution in [2.45, 2.75) is 144 Å². The van der Waals surface area contributed by atoms with Crippen LogP contribution in [-0.2, 0) is 20.4 Å². The second-order valence-corrected chi connectivity index (χ2v) is 24.7. The van der Waals surface area contributed by atoms with Crippen molar-refractivity contribution in [3.05, 3.63) is 94.3 Å². The van der Waals surface area contributed by atoms with E-state index in [4.69, 9.17) is 9.16 Å². The van der Waals surface area contributed by atoms with Crippen LogP contribution in [-0.4, -0.2) is 68.3 Å². The number of carbonyl (C=O) groups excluding carboxylic acids is 3. The van der Waals surface area contributed by atoms with Gasteiger partial charge in [0.2, 0.25) is 0 Å². The maximum absolute atomic E-state index is 13.2. The van der Waals surface area contributed by atoms with Gasteiger partial charge < -0.3 is 29.7 Å². The van der Waals surface area contributed by atoms with Gasteiger partial charge in [-0.25, -0.2) is 0 Å². The van der Waals surface area contributed by atoms with Crippen molar-refractivity contribution < 1.29 is 23.5 Å². The van der Waals surface area contributed by atoms with Gasteiger partial charge in [-0.15, -0.1) is 0 Å². The van der Waals surface area contributed by atoms with E-state index in [1.165, 1.54) is 24.8 Å². The molecule has 0 unspecified atom stereocenters. The molecule has 1 aromatic heterocycles. The summed E-state index contributed by atoms with van der Waals surface area (Å²) in [6, 6.07) is 16.1. The van der Waals surface area contributed by atoms with Crippen molar-refractivity contribution in [1.82, 2.24) is 15.2 Å². The number of amides is 2. The molecule has 0 saturated heterocycles. The van der Waals surface area contributed by atoms with E-state index in [0.717, 1.165) is 56.6 Å². The standard InChI is InChI=1S/C53H78N4O5Si/c1-12-57(13-2)32-31-54-52(60)50-38(5)47(55-39(50)6)35-45-44-34-41(28-30-46(44)56-51(45)59)61-49(58)24-20-15-14-19-23-42-37(4)33-48(62-63(10,11)53(7,8)9)43(42)29-26-36(3)25-27-40-21-17-16-18-22-40/h14,16-19,21-22,28,30,34-37,42-43,48,55H,12-13,15,20,23-27,29,31-33H2,1-11H3,(H,54,60)(H,56,59)/b19-14-,45-35-/t36-,37+,42+,43-,48-/m1/s1. The Labute approximate surface area is 380 Å². The number of fused-ring (bicyclic) bond motifs is 1. The Hall–Kier alpha value is -4.25. The summed E-state index contributed by atoms with van der Waals surface area (Å²) in [6.07, 6.45) is 15.4. The highest BCUT2D eigenvalue weighted by Crippen LogP contribution is 2.48. The smallest absolute Gasteiger partial charge is 0.311 e. The molecule has 9 nitrogen and oxygen atoms in total. The van der Waals surface area contributed by atoms with Crippen LogP contribution in [0.2, 0.25) is 18.1 Å². The van der Waals surface area contributed by atoms with Crippen LogP contribution in [0.1, 0.15) is 138 Å². The summed E-state index contributed by atoms with van der Waals surface area (Å²) in [6.45, 7) is 27.8. The fourth-order valence-electron chi connectivity index (χ4n) is 9.24. The Bertz CT molecular complexity index is 2060. The second-order valence-electron chi connectivity index (χ2n) is 19.9. The van der Waals surface area contributed by atoms with Gasteiger partial charge in [0.15, 0.2) is 8.32 Å². The molecule has 0 radical (unpaired) electrons. The number of rotatable bonds is 22. The normalized spacial score (nSPS) is 20.1. The molecule has 1 aliphatic carbocycles. The van der Waals surface area contributed by atoms with Crippen molar-refractivity contribution in [3.63, 3.8) is 0 Å². The zero-order chi connectivity index (χ0) is 45.9. The average Bonchev–Trinajstić information content (AvgIpc) is 3.81. The molecule has 10 heteroatoms. The van der Waals surface area contributed by atoms with Crippen molar-refractivity contribution in [2.24, 2.45) is 23.7 Å². The van der Waals surface area contributed by atoms with E-state index in [9.17, 15) is 14.4 Å². The molecule has 0 bridgehead atoms. The number of aryl methyl sites for hydroxylation is 2. The molecule has 2 heterocycles. The number of hydrogen-bond donors (Lipinski definition) is 3. The number of carbonyl (C=O) groups is 3. The van der Waals surface area contributed by atoms with Crippen LogP contribution in [0.25, 0.3) is 11.6 Å². The number of nitrogens with one attached hydrogen (secondary N) is 3.